The summed E-state index contributed by atoms with van der Waals surface area (Å²) in [6.07, 6.45) is 10.4. The molecule has 0 aromatic carbocycles. The van der Waals surface area contributed by atoms with Crippen molar-refractivity contribution in [1.29, 1.82) is 0 Å². The van der Waals surface area contributed by atoms with E-state index in [0.29, 0.717) is 24.3 Å². The van der Waals surface area contributed by atoms with Crippen LogP contribution in [0.2, 0.25) is 0 Å². The van der Waals surface area contributed by atoms with E-state index in [1.54, 1.807) is 0 Å². The van der Waals surface area contributed by atoms with Gasteiger partial charge in [-0.25, -0.2) is 14.4 Å². The molecule has 0 spiro atoms. The number of carbonyl (C=O) groups is 4. The Morgan fingerprint density at radius 1 is 1.00 bits per heavy atom. The number of esters is 1. The highest BCUT2D eigenvalue weighted by atomic mass is 16.5. The molecule has 0 aliphatic carbocycles. The van der Waals surface area contributed by atoms with Crippen molar-refractivity contribution in [3.8, 4) is 0 Å². The Morgan fingerprint density at radius 3 is 1.88 bits per heavy atom. The summed E-state index contributed by atoms with van der Waals surface area (Å²) in [6.45, 7) is 19.1. The first-order valence-corrected chi connectivity index (χ1v) is 10.5. The van der Waals surface area contributed by atoms with Crippen LogP contribution in [0.1, 0.15) is 59.3 Å². The summed E-state index contributed by atoms with van der Waals surface area (Å²) in [7, 11) is 0. The highest BCUT2D eigenvalue weighted by Gasteiger charge is 2.14. The monoisotopic (exact) mass is 466 g/mol. The van der Waals surface area contributed by atoms with E-state index in [0.717, 1.165) is 25.2 Å². The molecule has 8 heteroatoms. The van der Waals surface area contributed by atoms with E-state index < -0.39 is 23.8 Å². The second-order valence-electron chi connectivity index (χ2n) is 6.96. The number of carbonyl (C=O) groups excluding carboxylic acids is 1. The molecule has 33 heavy (non-hydrogen) atoms. The van der Waals surface area contributed by atoms with Gasteiger partial charge in [-0.1, -0.05) is 71.4 Å². The molecule has 0 aliphatic rings. The number of hydrogen-bond acceptors (Lipinski definition) is 5. The van der Waals surface area contributed by atoms with Crippen molar-refractivity contribution < 1.29 is 39.2 Å². The molecule has 0 radical (unpaired) electrons. The number of carboxylic acids is 3. The second kappa shape index (κ2) is 21.8. The summed E-state index contributed by atoms with van der Waals surface area (Å²) in [6, 6.07) is 0. The van der Waals surface area contributed by atoms with E-state index in [-0.39, 0.29) is 11.5 Å². The van der Waals surface area contributed by atoms with Crippen molar-refractivity contribution in [2.75, 3.05) is 0 Å². The smallest absolute Gasteiger partial charge is 0.331 e. The van der Waals surface area contributed by atoms with Crippen molar-refractivity contribution in [3.63, 3.8) is 0 Å². The average molecular weight is 467 g/mol. The lowest BCUT2D eigenvalue weighted by Crippen LogP contribution is -2.09. The Balaban J connectivity index is -0.000000441. The Hall–Kier alpha value is -3.42. The summed E-state index contributed by atoms with van der Waals surface area (Å²) in [5.41, 5.74) is 0.311. The van der Waals surface area contributed by atoms with Crippen molar-refractivity contribution in [2.45, 2.75) is 59.3 Å². The van der Waals surface area contributed by atoms with Crippen LogP contribution < -0.4 is 0 Å². The van der Waals surface area contributed by atoms with Crippen molar-refractivity contribution in [3.05, 3.63) is 62.0 Å². The molecule has 0 bridgehead atoms. The molecule has 186 valence electrons. The minimum absolute atomic E-state index is 0.0394. The maximum atomic E-state index is 10.5. The Bertz CT molecular complexity index is 703. The summed E-state index contributed by atoms with van der Waals surface area (Å²) < 4.78 is 4.17. The molecule has 3 N–H and O–H groups in total. The van der Waals surface area contributed by atoms with Gasteiger partial charge in [0.15, 0.2) is 0 Å². The minimum Gasteiger partial charge on any atom is -0.478 e. The van der Waals surface area contributed by atoms with Crippen LogP contribution >= 0.6 is 0 Å². The van der Waals surface area contributed by atoms with Gasteiger partial charge in [-0.3, -0.25) is 4.79 Å². The molecule has 0 fully saturated rings. The molecule has 0 saturated carbocycles. The fourth-order valence-electron chi connectivity index (χ4n) is 2.37. The molecule has 0 aliphatic heterocycles. The average Bonchev–Trinajstić information content (AvgIpc) is 2.73. The lowest BCUT2D eigenvalue weighted by atomic mass is 9.92. The fourth-order valence-corrected chi connectivity index (χ4v) is 2.37. The SMILES string of the molecule is C=C(CC(CC)CCCC)C(=O)O.C=CCC(C=CC(=O)O)C(=C)C(=O)O.C=COC(C)=O. The van der Waals surface area contributed by atoms with E-state index in [1.807, 2.05) is 0 Å². The summed E-state index contributed by atoms with van der Waals surface area (Å²) >= 11 is 0. The molecule has 0 aromatic rings. The van der Waals surface area contributed by atoms with Gasteiger partial charge >= 0.3 is 23.9 Å². The van der Waals surface area contributed by atoms with E-state index in [1.165, 1.54) is 31.9 Å². The normalized spacial score (nSPS) is 11.4. The first kappa shape index (κ1) is 34.2. The lowest BCUT2D eigenvalue weighted by Gasteiger charge is -2.13. The van der Waals surface area contributed by atoms with E-state index in [2.05, 4.69) is 44.9 Å². The number of allylic oxidation sites excluding steroid dienone is 2. The number of carboxylic acid groups (broad SMARTS) is 3. The third kappa shape index (κ3) is 23.1. The van der Waals surface area contributed by atoms with Crippen LogP contribution in [0.5, 0.6) is 0 Å². The Labute approximate surface area is 196 Å². The minimum atomic E-state index is -1.13. The van der Waals surface area contributed by atoms with Crippen LogP contribution in [0.4, 0.5) is 0 Å². The quantitative estimate of drug-likeness (QED) is 0.134. The topological polar surface area (TPSA) is 138 Å². The predicted molar refractivity (Wildman–Crippen MR) is 129 cm³/mol. The Kier molecular flexibility index (Phi) is 22.6. The molecule has 2 unspecified atom stereocenters. The van der Waals surface area contributed by atoms with Gasteiger partial charge in [0.05, 0.1) is 6.26 Å². The lowest BCUT2D eigenvalue weighted by molar-refractivity contribution is -0.135. The maximum absolute atomic E-state index is 10.5. The Morgan fingerprint density at radius 2 is 1.58 bits per heavy atom. The predicted octanol–water partition coefficient (Wildman–Crippen LogP) is 5.39. The van der Waals surface area contributed by atoms with Crippen LogP contribution in [-0.2, 0) is 23.9 Å². The molecule has 0 saturated heterocycles. The molecule has 0 rings (SSSR count). The zero-order chi connectivity index (χ0) is 26.4. The van der Waals surface area contributed by atoms with E-state index in [4.69, 9.17) is 15.3 Å². The number of ether oxygens (including phenoxy) is 1. The fraction of sp³-hybridized carbons (Fsp3) is 0.440. The zero-order valence-corrected chi connectivity index (χ0v) is 19.9. The second-order valence-corrected chi connectivity index (χ2v) is 6.96. The largest absolute Gasteiger partial charge is 0.478 e. The standard InChI is InChI=1S/C11H20O2.C10H12O4.C4H6O2/c1-4-6-7-10(5-2)8-9(3)11(12)13;1-3-4-8(5-6-9(11)12)7(2)10(13)14;1-3-6-4(2)5/h10H,3-8H2,1-2H3,(H,12,13);3,5-6,8H,1-2,4H2,(H,11,12)(H,13,14);3H,1H2,2H3. The highest BCUT2D eigenvalue weighted by Crippen LogP contribution is 2.20. The van der Waals surface area contributed by atoms with Gasteiger partial charge in [0.25, 0.3) is 0 Å². The van der Waals surface area contributed by atoms with Crippen molar-refractivity contribution in [1.82, 2.24) is 0 Å². The van der Waals surface area contributed by atoms with Crippen molar-refractivity contribution in [2.24, 2.45) is 11.8 Å². The first-order chi connectivity index (χ1) is 15.4. The van der Waals surface area contributed by atoms with Gasteiger partial charge in [0.2, 0.25) is 0 Å². The number of aliphatic carboxylic acids is 3. The van der Waals surface area contributed by atoms with Gasteiger partial charge in [-0.05, 0) is 18.8 Å². The van der Waals surface area contributed by atoms with E-state index >= 15 is 0 Å². The van der Waals surface area contributed by atoms with Crippen LogP contribution in [0.3, 0.4) is 0 Å². The van der Waals surface area contributed by atoms with Gasteiger partial charge in [0.1, 0.15) is 0 Å². The molecule has 8 nitrogen and oxygen atoms in total. The maximum Gasteiger partial charge on any atom is 0.331 e. The third-order valence-corrected chi connectivity index (χ3v) is 4.24. The highest BCUT2D eigenvalue weighted by molar-refractivity contribution is 5.87. The molecule has 2 atom stereocenters. The number of unbranched alkanes of at least 4 members (excludes halogenated alkanes) is 1. The molecule has 0 amide bonds. The summed E-state index contributed by atoms with van der Waals surface area (Å²) in [5.74, 6) is -3.44. The third-order valence-electron chi connectivity index (χ3n) is 4.24. The molecule has 0 aromatic heterocycles. The molecular weight excluding hydrogens is 428 g/mol. The van der Waals surface area contributed by atoms with Crippen molar-refractivity contribution >= 4 is 23.9 Å². The number of rotatable bonds is 14. The summed E-state index contributed by atoms with van der Waals surface area (Å²) in [4.78, 5) is 41.0. The van der Waals surface area contributed by atoms with Crippen LogP contribution in [0.15, 0.2) is 62.0 Å². The van der Waals surface area contributed by atoms with Gasteiger partial charge < -0.3 is 20.1 Å². The molecular formula is C25H38O8. The van der Waals surface area contributed by atoms with Gasteiger partial charge in [-0.15, -0.1) is 6.58 Å². The van der Waals surface area contributed by atoms with Gasteiger partial charge in [-0.2, -0.15) is 0 Å². The first-order valence-electron chi connectivity index (χ1n) is 10.5. The van der Waals surface area contributed by atoms with Crippen LogP contribution in [0, 0.1) is 11.8 Å². The van der Waals surface area contributed by atoms with Gasteiger partial charge in [0, 0.05) is 30.1 Å². The van der Waals surface area contributed by atoms with Crippen LogP contribution in [0.25, 0.3) is 0 Å². The van der Waals surface area contributed by atoms with E-state index in [9.17, 15) is 19.2 Å². The summed E-state index contributed by atoms with van der Waals surface area (Å²) in [5, 5.41) is 25.6. The molecule has 0 heterocycles. The van der Waals surface area contributed by atoms with Crippen LogP contribution in [-0.4, -0.2) is 39.2 Å². The zero-order valence-electron chi connectivity index (χ0n) is 19.9. The number of hydrogen-bond donors (Lipinski definition) is 3.